The molecule has 32 heavy (non-hydrogen) atoms. The predicted octanol–water partition coefficient (Wildman–Crippen LogP) is 2.54. The molecule has 5 rings (SSSR count). The van der Waals surface area contributed by atoms with Gasteiger partial charge in [0, 0.05) is 30.8 Å². The number of amides is 1. The highest BCUT2D eigenvalue weighted by Gasteiger charge is 2.34. The normalized spacial score (nSPS) is 21.1. The van der Waals surface area contributed by atoms with Gasteiger partial charge in [-0.25, -0.2) is 14.3 Å². The Balaban J connectivity index is 1.39. The average molecular weight is 437 g/mol. The fraction of sp³-hybridized carbons (Fsp3) is 0.348. The van der Waals surface area contributed by atoms with Crippen LogP contribution in [0, 0.1) is 5.82 Å². The summed E-state index contributed by atoms with van der Waals surface area (Å²) in [6.45, 7) is 1.66. The molecule has 3 aromatic rings. The smallest absolute Gasteiger partial charge is 0.340 e. The molecule has 2 aliphatic rings. The minimum Gasteiger partial charge on any atom is -0.484 e. The van der Waals surface area contributed by atoms with Crippen LogP contribution in [0.2, 0.25) is 0 Å². The van der Waals surface area contributed by atoms with Crippen LogP contribution in [0.5, 0.6) is 5.75 Å². The molecule has 1 saturated heterocycles. The molecular weight excluding hydrogens is 413 g/mol. The Kier molecular flexibility index (Phi) is 5.48. The van der Waals surface area contributed by atoms with E-state index in [1.807, 2.05) is 29.2 Å². The molecule has 2 aliphatic heterocycles. The lowest BCUT2D eigenvalue weighted by atomic mass is 10.1. The van der Waals surface area contributed by atoms with Crippen LogP contribution in [0.1, 0.15) is 41.9 Å². The molecule has 2 N–H and O–H groups in total. The summed E-state index contributed by atoms with van der Waals surface area (Å²) in [5, 5.41) is 6.39. The molecule has 3 heterocycles. The molecule has 0 spiro atoms. The van der Waals surface area contributed by atoms with E-state index in [1.54, 1.807) is 23.1 Å². The second-order valence-electron chi connectivity index (χ2n) is 8.21. The molecule has 0 saturated carbocycles. The van der Waals surface area contributed by atoms with Gasteiger partial charge in [0.25, 0.3) is 0 Å². The fourth-order valence-electron chi connectivity index (χ4n) is 4.57. The van der Waals surface area contributed by atoms with Gasteiger partial charge >= 0.3 is 5.69 Å². The number of H-pyrrole nitrogens is 2. The van der Waals surface area contributed by atoms with E-state index in [0.717, 1.165) is 18.4 Å². The highest BCUT2D eigenvalue weighted by Crippen LogP contribution is 2.33. The third-order valence-electron chi connectivity index (χ3n) is 6.08. The molecular formula is C23H24FN5O3. The van der Waals surface area contributed by atoms with Crippen molar-refractivity contribution in [3.05, 3.63) is 81.8 Å². The number of para-hydroxylation sites is 1. The van der Waals surface area contributed by atoms with Gasteiger partial charge < -0.3 is 9.64 Å². The molecule has 2 unspecified atom stereocenters. The minimum atomic E-state index is -0.537. The molecule has 1 aromatic heterocycles. The summed E-state index contributed by atoms with van der Waals surface area (Å²) in [5.41, 5.74) is 1.04. The van der Waals surface area contributed by atoms with Crippen LogP contribution >= 0.6 is 0 Å². The van der Waals surface area contributed by atoms with Crippen LogP contribution in [-0.2, 0) is 11.3 Å². The number of halogens is 1. The van der Waals surface area contributed by atoms with Crippen molar-refractivity contribution in [3.63, 3.8) is 0 Å². The van der Waals surface area contributed by atoms with Crippen molar-refractivity contribution in [1.29, 1.82) is 0 Å². The van der Waals surface area contributed by atoms with Crippen molar-refractivity contribution in [2.45, 2.75) is 31.5 Å². The first-order valence-corrected chi connectivity index (χ1v) is 10.7. The van der Waals surface area contributed by atoms with E-state index in [1.165, 1.54) is 6.07 Å². The Hall–Kier alpha value is -3.46. The van der Waals surface area contributed by atoms with Crippen LogP contribution in [0.15, 0.2) is 53.3 Å². The van der Waals surface area contributed by atoms with Gasteiger partial charge in [0.1, 0.15) is 17.7 Å². The van der Waals surface area contributed by atoms with Crippen LogP contribution in [0.4, 0.5) is 4.39 Å². The van der Waals surface area contributed by atoms with Crippen molar-refractivity contribution >= 4 is 5.91 Å². The third-order valence-corrected chi connectivity index (χ3v) is 6.08. The third kappa shape index (κ3) is 4.03. The van der Waals surface area contributed by atoms with E-state index in [0.29, 0.717) is 36.8 Å². The zero-order valence-electron chi connectivity index (χ0n) is 17.5. The molecule has 8 nitrogen and oxygen atoms in total. The fourth-order valence-corrected chi connectivity index (χ4v) is 4.57. The van der Waals surface area contributed by atoms with Gasteiger partial charge in [-0.15, -0.1) is 0 Å². The molecule has 1 fully saturated rings. The van der Waals surface area contributed by atoms with Gasteiger partial charge in [0.05, 0.1) is 12.6 Å². The van der Waals surface area contributed by atoms with Crippen molar-refractivity contribution < 1.29 is 13.9 Å². The maximum absolute atomic E-state index is 14.5. The van der Waals surface area contributed by atoms with Crippen molar-refractivity contribution in [1.82, 2.24) is 25.0 Å². The molecule has 9 heteroatoms. The van der Waals surface area contributed by atoms with Gasteiger partial charge in [0.2, 0.25) is 5.91 Å². The Morgan fingerprint density at radius 1 is 1.19 bits per heavy atom. The molecule has 1 amide bonds. The molecule has 166 valence electrons. The second kappa shape index (κ2) is 8.58. The minimum absolute atomic E-state index is 0.0528. The summed E-state index contributed by atoms with van der Waals surface area (Å²) in [7, 11) is 0. The number of carbonyl (C=O) groups excluding carboxylic acids is 1. The van der Waals surface area contributed by atoms with E-state index in [2.05, 4.69) is 15.2 Å². The maximum atomic E-state index is 14.5. The summed E-state index contributed by atoms with van der Waals surface area (Å²) >= 11 is 0. The number of hydrogen-bond acceptors (Lipinski definition) is 5. The van der Waals surface area contributed by atoms with E-state index >= 15 is 0 Å². The first-order valence-electron chi connectivity index (χ1n) is 10.7. The quantitative estimate of drug-likeness (QED) is 0.654. The first-order chi connectivity index (χ1) is 15.6. The first kappa shape index (κ1) is 20.4. The van der Waals surface area contributed by atoms with Crippen LogP contribution < -0.4 is 10.4 Å². The lowest BCUT2D eigenvalue weighted by molar-refractivity contribution is -0.133. The van der Waals surface area contributed by atoms with E-state index in [9.17, 15) is 14.0 Å². The number of rotatable bonds is 4. The van der Waals surface area contributed by atoms with Gasteiger partial charge in [-0.05, 0) is 25.0 Å². The summed E-state index contributed by atoms with van der Waals surface area (Å²) in [5.74, 6) is 0.798. The van der Waals surface area contributed by atoms with Gasteiger partial charge in [-0.1, -0.05) is 36.4 Å². The van der Waals surface area contributed by atoms with Crippen LogP contribution in [0.25, 0.3) is 0 Å². The number of fused-ring (bicyclic) bond motifs is 1. The summed E-state index contributed by atoms with van der Waals surface area (Å²) in [6, 6.07) is 14.0. The standard InChI is InChI=1S/C23H24FN5O3/c24-17-8-3-2-7-16(17)20-13-28(12-15-6-1-4-10-19(15)32-20)14-21(30)29-11-5-9-18(29)22-25-23(31)27-26-22/h1-4,6-8,10,18,20H,5,9,11-14H2,(H2,25,26,27,31). The maximum Gasteiger partial charge on any atom is 0.340 e. The van der Waals surface area contributed by atoms with Crippen molar-refractivity contribution in [2.75, 3.05) is 19.6 Å². The highest BCUT2D eigenvalue weighted by atomic mass is 19.1. The topological polar surface area (TPSA) is 94.3 Å². The van der Waals surface area contributed by atoms with Crippen molar-refractivity contribution in [2.24, 2.45) is 0 Å². The molecule has 0 aliphatic carbocycles. The largest absolute Gasteiger partial charge is 0.484 e. The molecule has 0 bridgehead atoms. The lowest BCUT2D eigenvalue weighted by Gasteiger charge is -2.28. The Morgan fingerprint density at radius 2 is 2.00 bits per heavy atom. The number of ether oxygens (including phenoxy) is 1. The molecule has 2 aromatic carbocycles. The molecule has 2 atom stereocenters. The summed E-state index contributed by atoms with van der Waals surface area (Å²) in [6.07, 6.45) is 1.05. The number of carbonyl (C=O) groups is 1. The number of aromatic amines is 2. The second-order valence-corrected chi connectivity index (χ2v) is 8.21. The number of aromatic nitrogens is 3. The number of likely N-dealkylation sites (tertiary alicyclic amines) is 1. The average Bonchev–Trinajstić information content (AvgIpc) is 3.39. The number of nitrogens with one attached hydrogen (secondary N) is 2. The monoisotopic (exact) mass is 437 g/mol. The molecule has 0 radical (unpaired) electrons. The van der Waals surface area contributed by atoms with Crippen LogP contribution in [0.3, 0.4) is 0 Å². The Morgan fingerprint density at radius 3 is 2.81 bits per heavy atom. The summed E-state index contributed by atoms with van der Waals surface area (Å²) in [4.78, 5) is 31.2. The SMILES string of the molecule is O=C(CN1Cc2ccccc2OC(c2ccccc2F)C1)N1CCCC1c1n[nH]c(=O)[nH]1. The Bertz CT molecular complexity index is 1180. The zero-order valence-corrected chi connectivity index (χ0v) is 17.5. The van der Waals surface area contributed by atoms with E-state index < -0.39 is 6.10 Å². The summed E-state index contributed by atoms with van der Waals surface area (Å²) < 4.78 is 20.7. The number of hydrogen-bond donors (Lipinski definition) is 2. The van der Waals surface area contributed by atoms with E-state index in [4.69, 9.17) is 4.74 Å². The van der Waals surface area contributed by atoms with Crippen molar-refractivity contribution in [3.8, 4) is 5.75 Å². The number of benzene rings is 2. The van der Waals surface area contributed by atoms with Gasteiger partial charge in [-0.3, -0.25) is 14.7 Å². The van der Waals surface area contributed by atoms with Gasteiger partial charge in [0.15, 0.2) is 5.82 Å². The van der Waals surface area contributed by atoms with Gasteiger partial charge in [-0.2, -0.15) is 5.10 Å². The zero-order chi connectivity index (χ0) is 22.1. The highest BCUT2D eigenvalue weighted by molar-refractivity contribution is 5.79. The number of nitrogens with zero attached hydrogens (tertiary/aromatic N) is 3. The van der Waals surface area contributed by atoms with Crippen LogP contribution in [-0.4, -0.2) is 50.5 Å². The lowest BCUT2D eigenvalue weighted by Crippen LogP contribution is -2.41. The Labute approximate surface area is 184 Å². The predicted molar refractivity (Wildman–Crippen MR) is 114 cm³/mol. The van der Waals surface area contributed by atoms with E-state index in [-0.39, 0.29) is 30.0 Å².